The van der Waals surface area contributed by atoms with Gasteiger partial charge in [0.25, 0.3) is 0 Å². The molecule has 0 unspecified atom stereocenters. The second-order valence-electron chi connectivity index (χ2n) is 6.78. The van der Waals surface area contributed by atoms with Crippen molar-refractivity contribution in [2.75, 3.05) is 26.8 Å². The highest BCUT2D eigenvalue weighted by Gasteiger charge is 2.03. The van der Waals surface area contributed by atoms with Crippen LogP contribution < -0.4 is 9.47 Å². The molecule has 2 aromatic carbocycles. The Labute approximate surface area is 175 Å². The summed E-state index contributed by atoms with van der Waals surface area (Å²) in [5, 5.41) is 0. The Balaban J connectivity index is 2.11. The van der Waals surface area contributed by atoms with Crippen molar-refractivity contribution in [1.29, 1.82) is 0 Å². The monoisotopic (exact) mass is 398 g/mol. The van der Waals surface area contributed by atoms with Crippen molar-refractivity contribution < 1.29 is 18.9 Å². The van der Waals surface area contributed by atoms with Crippen molar-refractivity contribution in [1.82, 2.24) is 0 Å². The molecular weight excluding hydrogens is 364 g/mol. The van der Waals surface area contributed by atoms with E-state index in [-0.39, 0.29) is 13.6 Å². The Morgan fingerprint density at radius 1 is 0.724 bits per heavy atom. The fourth-order valence-electron chi connectivity index (χ4n) is 2.87. The van der Waals surface area contributed by atoms with Crippen LogP contribution in [0.15, 0.2) is 42.5 Å². The Bertz CT molecular complexity index is 711. The van der Waals surface area contributed by atoms with Gasteiger partial charge in [0.15, 0.2) is 13.6 Å². The summed E-state index contributed by atoms with van der Waals surface area (Å²) in [4.78, 5) is 0. The molecular formula is C25H34O4. The highest BCUT2D eigenvalue weighted by atomic mass is 16.7. The van der Waals surface area contributed by atoms with E-state index in [1.807, 2.05) is 32.0 Å². The standard InChI is InChI=1S/C25H34O4/c1-4-7-8-10-21-11-9-12-22(15-21)13-14-23-16-24(28-19-26-5-2)18-25(17-23)29-20-27-6-3/h9,11-18H,4-8,10,19-20H2,1-3H3. The van der Waals surface area contributed by atoms with Crippen LogP contribution in [0.2, 0.25) is 0 Å². The van der Waals surface area contributed by atoms with Gasteiger partial charge in [-0.15, -0.1) is 0 Å². The first-order valence-corrected chi connectivity index (χ1v) is 10.6. The van der Waals surface area contributed by atoms with Crippen molar-refractivity contribution in [2.24, 2.45) is 0 Å². The molecule has 4 heteroatoms. The first kappa shape index (κ1) is 23.0. The molecule has 29 heavy (non-hydrogen) atoms. The molecule has 2 rings (SSSR count). The minimum absolute atomic E-state index is 0.217. The van der Waals surface area contributed by atoms with E-state index < -0.39 is 0 Å². The van der Waals surface area contributed by atoms with Crippen LogP contribution >= 0.6 is 0 Å². The van der Waals surface area contributed by atoms with Gasteiger partial charge in [0.1, 0.15) is 11.5 Å². The van der Waals surface area contributed by atoms with Gasteiger partial charge in [-0.25, -0.2) is 0 Å². The van der Waals surface area contributed by atoms with Crippen LogP contribution in [0.3, 0.4) is 0 Å². The Morgan fingerprint density at radius 3 is 2.00 bits per heavy atom. The molecule has 0 amide bonds. The first-order chi connectivity index (χ1) is 14.2. The van der Waals surface area contributed by atoms with E-state index in [0.717, 1.165) is 12.0 Å². The van der Waals surface area contributed by atoms with Crippen LogP contribution in [-0.4, -0.2) is 26.8 Å². The van der Waals surface area contributed by atoms with E-state index in [0.29, 0.717) is 24.7 Å². The smallest absolute Gasteiger partial charge is 0.189 e. The lowest BCUT2D eigenvalue weighted by Crippen LogP contribution is -2.04. The van der Waals surface area contributed by atoms with Crippen molar-refractivity contribution in [3.8, 4) is 11.5 Å². The molecule has 4 nitrogen and oxygen atoms in total. The van der Waals surface area contributed by atoms with Crippen molar-refractivity contribution in [2.45, 2.75) is 46.5 Å². The molecule has 158 valence electrons. The van der Waals surface area contributed by atoms with E-state index in [1.165, 1.54) is 30.4 Å². The molecule has 0 heterocycles. The van der Waals surface area contributed by atoms with E-state index >= 15 is 0 Å². The van der Waals surface area contributed by atoms with Crippen molar-refractivity contribution in [3.05, 3.63) is 59.2 Å². The maximum atomic E-state index is 5.68. The van der Waals surface area contributed by atoms with Gasteiger partial charge in [-0.05, 0) is 55.5 Å². The molecule has 0 saturated heterocycles. The molecule has 0 fully saturated rings. The molecule has 0 radical (unpaired) electrons. The van der Waals surface area contributed by atoms with Gasteiger partial charge in [0.2, 0.25) is 0 Å². The molecule has 0 aliphatic rings. The van der Waals surface area contributed by atoms with E-state index in [1.54, 1.807) is 0 Å². The first-order valence-electron chi connectivity index (χ1n) is 10.6. The lowest BCUT2D eigenvalue weighted by molar-refractivity contribution is 0.0182. The molecule has 0 saturated carbocycles. The van der Waals surface area contributed by atoms with Gasteiger partial charge in [-0.1, -0.05) is 56.2 Å². The molecule has 0 spiro atoms. The van der Waals surface area contributed by atoms with Gasteiger partial charge < -0.3 is 18.9 Å². The topological polar surface area (TPSA) is 36.9 Å². The van der Waals surface area contributed by atoms with E-state index in [9.17, 15) is 0 Å². The third kappa shape index (κ3) is 9.16. The number of aryl methyl sites for hydroxylation is 1. The molecule has 0 atom stereocenters. The Morgan fingerprint density at radius 2 is 1.38 bits per heavy atom. The molecule has 0 aliphatic carbocycles. The number of hydrogen-bond acceptors (Lipinski definition) is 4. The minimum Gasteiger partial charge on any atom is -0.467 e. The fourth-order valence-corrected chi connectivity index (χ4v) is 2.87. The molecule has 0 aromatic heterocycles. The minimum atomic E-state index is 0.217. The third-order valence-corrected chi connectivity index (χ3v) is 4.42. The van der Waals surface area contributed by atoms with Crippen LogP contribution in [0.1, 0.15) is 56.7 Å². The SMILES string of the molecule is CCCCCc1cccc(C=Cc2cc(OCOCC)cc(OCOCC)c2)c1. The Hall–Kier alpha value is -2.30. The van der Waals surface area contributed by atoms with E-state index in [4.69, 9.17) is 18.9 Å². The highest BCUT2D eigenvalue weighted by molar-refractivity contribution is 5.71. The van der Waals surface area contributed by atoms with E-state index in [2.05, 4.69) is 43.3 Å². The molecule has 0 aliphatic heterocycles. The van der Waals surface area contributed by atoms with Crippen LogP contribution in [-0.2, 0) is 15.9 Å². The zero-order valence-electron chi connectivity index (χ0n) is 18.0. The summed E-state index contributed by atoms with van der Waals surface area (Å²) in [6.45, 7) is 7.77. The number of rotatable bonds is 14. The summed E-state index contributed by atoms with van der Waals surface area (Å²) < 4.78 is 22.0. The fraction of sp³-hybridized carbons (Fsp3) is 0.440. The summed E-state index contributed by atoms with van der Waals surface area (Å²) >= 11 is 0. The van der Waals surface area contributed by atoms with Crippen LogP contribution in [0.4, 0.5) is 0 Å². The maximum Gasteiger partial charge on any atom is 0.189 e. The average molecular weight is 399 g/mol. The maximum absolute atomic E-state index is 5.68. The molecule has 0 N–H and O–H groups in total. The summed E-state index contributed by atoms with van der Waals surface area (Å²) in [5.74, 6) is 1.42. The average Bonchev–Trinajstić information content (AvgIpc) is 2.73. The quantitative estimate of drug-likeness (QED) is 0.211. The highest BCUT2D eigenvalue weighted by Crippen LogP contribution is 2.25. The largest absolute Gasteiger partial charge is 0.467 e. The van der Waals surface area contributed by atoms with Crippen LogP contribution in [0.25, 0.3) is 12.2 Å². The zero-order valence-corrected chi connectivity index (χ0v) is 18.0. The number of benzene rings is 2. The van der Waals surface area contributed by atoms with Crippen LogP contribution in [0, 0.1) is 0 Å². The van der Waals surface area contributed by atoms with Gasteiger partial charge >= 0.3 is 0 Å². The molecule has 2 aromatic rings. The van der Waals surface area contributed by atoms with Gasteiger partial charge in [0, 0.05) is 19.3 Å². The van der Waals surface area contributed by atoms with Crippen molar-refractivity contribution >= 4 is 12.2 Å². The summed E-state index contributed by atoms with van der Waals surface area (Å²) in [5.41, 5.74) is 3.58. The lowest BCUT2D eigenvalue weighted by atomic mass is 10.0. The predicted molar refractivity (Wildman–Crippen MR) is 119 cm³/mol. The predicted octanol–water partition coefficient (Wildman–Crippen LogP) is 6.34. The van der Waals surface area contributed by atoms with Gasteiger partial charge in [0.05, 0.1) is 0 Å². The van der Waals surface area contributed by atoms with Gasteiger partial charge in [-0.3, -0.25) is 0 Å². The van der Waals surface area contributed by atoms with Crippen LogP contribution in [0.5, 0.6) is 11.5 Å². The third-order valence-electron chi connectivity index (χ3n) is 4.42. The zero-order chi connectivity index (χ0) is 20.7. The number of unbranched alkanes of at least 4 members (excludes halogenated alkanes) is 2. The number of ether oxygens (including phenoxy) is 4. The molecule has 0 bridgehead atoms. The normalized spacial score (nSPS) is 11.1. The second-order valence-corrected chi connectivity index (χ2v) is 6.78. The lowest BCUT2D eigenvalue weighted by Gasteiger charge is -2.11. The summed E-state index contributed by atoms with van der Waals surface area (Å²) in [7, 11) is 0. The Kier molecular flexibility index (Phi) is 10.9. The summed E-state index contributed by atoms with van der Waals surface area (Å²) in [6, 6.07) is 14.5. The number of hydrogen-bond donors (Lipinski definition) is 0. The van der Waals surface area contributed by atoms with Gasteiger partial charge in [-0.2, -0.15) is 0 Å². The second kappa shape index (κ2) is 13.8. The van der Waals surface area contributed by atoms with Crippen molar-refractivity contribution in [3.63, 3.8) is 0 Å². The summed E-state index contributed by atoms with van der Waals surface area (Å²) in [6.07, 6.45) is 9.09.